The number of carbonyl (C=O) groups excluding carboxylic acids is 1. The number of likely N-dealkylation sites (tertiary alicyclic amines) is 1. The zero-order chi connectivity index (χ0) is 17.1. The SMILES string of the molecule is CC1CCCC(C)N1C(=O)CN1CCOC(c2cccc(O)c2)C1. The van der Waals surface area contributed by atoms with Crippen molar-refractivity contribution in [3.8, 4) is 5.75 Å². The topological polar surface area (TPSA) is 53.0 Å². The van der Waals surface area contributed by atoms with Gasteiger partial charge in [-0.2, -0.15) is 0 Å². The molecule has 0 spiro atoms. The van der Waals surface area contributed by atoms with Gasteiger partial charge in [0.05, 0.1) is 19.3 Å². The molecular formula is C19H28N2O3. The number of benzene rings is 1. The molecule has 2 fully saturated rings. The van der Waals surface area contributed by atoms with Gasteiger partial charge >= 0.3 is 0 Å². The fraction of sp³-hybridized carbons (Fsp3) is 0.632. The predicted octanol–water partition coefficient (Wildman–Crippen LogP) is 2.56. The van der Waals surface area contributed by atoms with Crippen LogP contribution in [0, 0.1) is 0 Å². The van der Waals surface area contributed by atoms with Crippen molar-refractivity contribution in [2.75, 3.05) is 26.2 Å². The van der Waals surface area contributed by atoms with E-state index < -0.39 is 0 Å². The number of hydrogen-bond donors (Lipinski definition) is 1. The number of amides is 1. The summed E-state index contributed by atoms with van der Waals surface area (Å²) >= 11 is 0. The lowest BCUT2D eigenvalue weighted by atomic mass is 9.97. The van der Waals surface area contributed by atoms with E-state index in [1.54, 1.807) is 12.1 Å². The third kappa shape index (κ3) is 3.90. The highest BCUT2D eigenvalue weighted by atomic mass is 16.5. The minimum atomic E-state index is -0.0881. The summed E-state index contributed by atoms with van der Waals surface area (Å²) in [5.74, 6) is 0.478. The van der Waals surface area contributed by atoms with E-state index in [9.17, 15) is 9.90 Å². The van der Waals surface area contributed by atoms with E-state index in [4.69, 9.17) is 4.74 Å². The fourth-order valence-electron chi connectivity index (χ4n) is 3.96. The second-order valence-corrected chi connectivity index (χ2v) is 7.12. The number of piperidine rings is 1. The van der Waals surface area contributed by atoms with Gasteiger partial charge in [-0.05, 0) is 50.8 Å². The first-order valence-corrected chi connectivity index (χ1v) is 8.98. The van der Waals surface area contributed by atoms with E-state index >= 15 is 0 Å². The molecule has 3 unspecified atom stereocenters. The average molecular weight is 332 g/mol. The highest BCUT2D eigenvalue weighted by Crippen LogP contribution is 2.26. The second kappa shape index (κ2) is 7.53. The van der Waals surface area contributed by atoms with E-state index in [0.717, 1.165) is 24.9 Å². The lowest BCUT2D eigenvalue weighted by Crippen LogP contribution is -2.52. The van der Waals surface area contributed by atoms with Crippen molar-refractivity contribution >= 4 is 5.91 Å². The summed E-state index contributed by atoms with van der Waals surface area (Å²) in [6, 6.07) is 7.87. The third-order valence-electron chi connectivity index (χ3n) is 5.23. The summed E-state index contributed by atoms with van der Waals surface area (Å²) in [7, 11) is 0. The van der Waals surface area contributed by atoms with Crippen LogP contribution in [0.25, 0.3) is 0 Å². The van der Waals surface area contributed by atoms with Gasteiger partial charge in [-0.15, -0.1) is 0 Å². The Morgan fingerprint density at radius 2 is 2.04 bits per heavy atom. The molecule has 1 amide bonds. The summed E-state index contributed by atoms with van der Waals surface area (Å²) in [6.45, 7) is 6.83. The lowest BCUT2D eigenvalue weighted by Gasteiger charge is -2.41. The molecule has 2 heterocycles. The Morgan fingerprint density at radius 1 is 1.29 bits per heavy atom. The normalized spacial score (nSPS) is 28.8. The summed E-state index contributed by atoms with van der Waals surface area (Å²) in [6.07, 6.45) is 3.33. The summed E-state index contributed by atoms with van der Waals surface area (Å²) in [5, 5.41) is 9.65. The maximum absolute atomic E-state index is 12.8. The van der Waals surface area contributed by atoms with Gasteiger partial charge in [0.1, 0.15) is 5.75 Å². The van der Waals surface area contributed by atoms with E-state index in [1.165, 1.54) is 6.42 Å². The molecule has 3 rings (SSSR count). The Bertz CT molecular complexity index is 567. The minimum Gasteiger partial charge on any atom is -0.508 e. The van der Waals surface area contributed by atoms with Gasteiger partial charge in [0.2, 0.25) is 5.91 Å². The molecule has 1 aromatic carbocycles. The van der Waals surface area contributed by atoms with Gasteiger partial charge in [0.15, 0.2) is 0 Å². The van der Waals surface area contributed by atoms with Crippen molar-refractivity contribution in [3.05, 3.63) is 29.8 Å². The number of phenols is 1. The number of hydrogen-bond acceptors (Lipinski definition) is 4. The van der Waals surface area contributed by atoms with Crippen LogP contribution in [0.1, 0.15) is 44.8 Å². The molecule has 2 aliphatic heterocycles. The number of aromatic hydroxyl groups is 1. The number of phenolic OH excluding ortho intramolecular Hbond substituents is 1. The second-order valence-electron chi connectivity index (χ2n) is 7.12. The van der Waals surface area contributed by atoms with Crippen molar-refractivity contribution in [1.82, 2.24) is 9.80 Å². The van der Waals surface area contributed by atoms with Gasteiger partial charge in [-0.3, -0.25) is 9.69 Å². The van der Waals surface area contributed by atoms with Gasteiger partial charge in [0, 0.05) is 25.2 Å². The molecule has 0 radical (unpaired) electrons. The molecule has 1 N–H and O–H groups in total. The molecule has 24 heavy (non-hydrogen) atoms. The Kier molecular flexibility index (Phi) is 5.41. The molecule has 0 aromatic heterocycles. The van der Waals surface area contributed by atoms with Crippen LogP contribution in [0.4, 0.5) is 0 Å². The first kappa shape index (κ1) is 17.2. The van der Waals surface area contributed by atoms with Crippen LogP contribution in [0.3, 0.4) is 0 Å². The summed E-state index contributed by atoms with van der Waals surface area (Å²) < 4.78 is 5.84. The molecular weight excluding hydrogens is 304 g/mol. The van der Waals surface area contributed by atoms with Gasteiger partial charge in [-0.25, -0.2) is 0 Å². The minimum absolute atomic E-state index is 0.0881. The van der Waals surface area contributed by atoms with E-state index in [2.05, 4.69) is 23.6 Å². The van der Waals surface area contributed by atoms with Crippen molar-refractivity contribution < 1.29 is 14.6 Å². The molecule has 0 bridgehead atoms. The largest absolute Gasteiger partial charge is 0.508 e. The molecule has 5 heteroatoms. The highest BCUT2D eigenvalue weighted by molar-refractivity contribution is 5.79. The van der Waals surface area contributed by atoms with Crippen LogP contribution in [-0.4, -0.2) is 59.1 Å². The fourth-order valence-corrected chi connectivity index (χ4v) is 3.96. The Hall–Kier alpha value is -1.59. The van der Waals surface area contributed by atoms with Crippen molar-refractivity contribution in [2.45, 2.75) is 51.3 Å². The molecule has 0 saturated carbocycles. The Balaban J connectivity index is 1.61. The van der Waals surface area contributed by atoms with Gasteiger partial charge in [-0.1, -0.05) is 12.1 Å². The molecule has 1 aromatic rings. The summed E-state index contributed by atoms with van der Waals surface area (Å²) in [4.78, 5) is 17.0. The first-order valence-electron chi connectivity index (χ1n) is 8.98. The van der Waals surface area contributed by atoms with Crippen LogP contribution < -0.4 is 0 Å². The predicted molar refractivity (Wildman–Crippen MR) is 92.9 cm³/mol. The quantitative estimate of drug-likeness (QED) is 0.924. The number of morpholine rings is 1. The molecule has 2 aliphatic rings. The smallest absolute Gasteiger partial charge is 0.237 e. The zero-order valence-electron chi connectivity index (χ0n) is 14.6. The summed E-state index contributed by atoms with van der Waals surface area (Å²) in [5.41, 5.74) is 0.965. The van der Waals surface area contributed by atoms with Crippen LogP contribution in [0.5, 0.6) is 5.75 Å². The molecule has 0 aliphatic carbocycles. The zero-order valence-corrected chi connectivity index (χ0v) is 14.6. The lowest BCUT2D eigenvalue weighted by molar-refractivity contribution is -0.140. The van der Waals surface area contributed by atoms with E-state index in [-0.39, 0.29) is 17.8 Å². The molecule has 132 valence electrons. The average Bonchev–Trinajstić information content (AvgIpc) is 2.55. The maximum atomic E-state index is 12.8. The van der Waals surface area contributed by atoms with Crippen LogP contribution in [0.2, 0.25) is 0 Å². The van der Waals surface area contributed by atoms with Crippen LogP contribution >= 0.6 is 0 Å². The van der Waals surface area contributed by atoms with Crippen molar-refractivity contribution in [2.24, 2.45) is 0 Å². The van der Waals surface area contributed by atoms with E-state index in [1.807, 2.05) is 12.1 Å². The van der Waals surface area contributed by atoms with Crippen LogP contribution in [0.15, 0.2) is 24.3 Å². The van der Waals surface area contributed by atoms with E-state index in [0.29, 0.717) is 31.8 Å². The molecule has 5 nitrogen and oxygen atoms in total. The highest BCUT2D eigenvalue weighted by Gasteiger charge is 2.31. The number of rotatable bonds is 3. The third-order valence-corrected chi connectivity index (χ3v) is 5.23. The Labute approximate surface area is 144 Å². The Morgan fingerprint density at radius 3 is 2.75 bits per heavy atom. The van der Waals surface area contributed by atoms with Gasteiger partial charge in [0.25, 0.3) is 0 Å². The number of ether oxygens (including phenoxy) is 1. The van der Waals surface area contributed by atoms with Crippen LogP contribution in [-0.2, 0) is 9.53 Å². The molecule has 2 saturated heterocycles. The number of nitrogens with zero attached hydrogens (tertiary/aromatic N) is 2. The number of carbonyl (C=O) groups is 1. The molecule has 3 atom stereocenters. The standard InChI is InChI=1S/C19H28N2O3/c1-14-5-3-6-15(2)21(14)19(23)13-20-9-10-24-18(12-20)16-7-4-8-17(22)11-16/h4,7-8,11,14-15,18,22H,3,5-6,9-10,12-13H2,1-2H3. The first-order chi connectivity index (χ1) is 11.5. The monoisotopic (exact) mass is 332 g/mol. The van der Waals surface area contributed by atoms with Crippen molar-refractivity contribution in [1.29, 1.82) is 0 Å². The van der Waals surface area contributed by atoms with Gasteiger partial charge < -0.3 is 14.7 Å². The maximum Gasteiger partial charge on any atom is 0.237 e. The van der Waals surface area contributed by atoms with Crippen molar-refractivity contribution in [3.63, 3.8) is 0 Å².